The Kier molecular flexibility index (Phi) is 5.01. The zero-order valence-corrected chi connectivity index (χ0v) is 9.02. The van der Waals surface area contributed by atoms with Crippen LogP contribution in [0.3, 0.4) is 0 Å². The van der Waals surface area contributed by atoms with Crippen molar-refractivity contribution < 1.29 is 14.7 Å². The summed E-state index contributed by atoms with van der Waals surface area (Å²) in [6, 6.07) is 0. The van der Waals surface area contributed by atoms with Crippen LogP contribution >= 0.6 is 11.8 Å². The topological polar surface area (TPSA) is 54.4 Å². The van der Waals surface area contributed by atoms with Crippen molar-refractivity contribution in [3.05, 3.63) is 0 Å². The van der Waals surface area contributed by atoms with E-state index < -0.39 is 5.97 Å². The number of carbonyl (C=O) groups excluding carboxylic acids is 1. The van der Waals surface area contributed by atoms with Gasteiger partial charge in [-0.2, -0.15) is 11.8 Å². The van der Waals surface area contributed by atoms with Crippen molar-refractivity contribution in [3.8, 4) is 0 Å². The van der Waals surface area contributed by atoms with E-state index in [1.165, 1.54) is 25.7 Å². The zero-order valence-electron chi connectivity index (χ0n) is 8.20. The molecular formula is C10H16O3S. The molecule has 14 heavy (non-hydrogen) atoms. The van der Waals surface area contributed by atoms with Crippen molar-refractivity contribution in [3.63, 3.8) is 0 Å². The van der Waals surface area contributed by atoms with Crippen LogP contribution in [0.5, 0.6) is 0 Å². The molecule has 0 aliphatic heterocycles. The number of aliphatic carboxylic acids is 1. The smallest absolute Gasteiger partial charge is 0.303 e. The number of carboxylic acids is 1. The average molecular weight is 216 g/mol. The minimum atomic E-state index is -0.885. The molecule has 0 unspecified atom stereocenters. The second-order valence-electron chi connectivity index (χ2n) is 3.65. The quantitative estimate of drug-likeness (QED) is 0.738. The van der Waals surface area contributed by atoms with Crippen molar-refractivity contribution in [1.82, 2.24) is 0 Å². The molecule has 1 aliphatic carbocycles. The molecule has 1 N–H and O–H groups in total. The van der Waals surface area contributed by atoms with Crippen LogP contribution in [-0.2, 0) is 9.59 Å². The van der Waals surface area contributed by atoms with Gasteiger partial charge >= 0.3 is 5.97 Å². The first-order chi connectivity index (χ1) is 6.68. The Morgan fingerprint density at radius 1 is 1.21 bits per heavy atom. The van der Waals surface area contributed by atoms with Crippen LogP contribution in [0.25, 0.3) is 0 Å². The normalized spacial score (nSPS) is 17.1. The van der Waals surface area contributed by atoms with E-state index in [1.54, 1.807) is 11.8 Å². The maximum absolute atomic E-state index is 11.2. The maximum Gasteiger partial charge on any atom is 0.303 e. The van der Waals surface area contributed by atoms with Gasteiger partial charge in [-0.05, 0) is 12.8 Å². The van der Waals surface area contributed by atoms with Gasteiger partial charge in [-0.1, -0.05) is 12.8 Å². The van der Waals surface area contributed by atoms with Crippen LogP contribution in [0.4, 0.5) is 0 Å². The second kappa shape index (κ2) is 6.06. The van der Waals surface area contributed by atoms with E-state index >= 15 is 0 Å². The summed E-state index contributed by atoms with van der Waals surface area (Å²) in [6.07, 6.45) is 5.16. The lowest BCUT2D eigenvalue weighted by Crippen LogP contribution is -2.08. The van der Waals surface area contributed by atoms with Crippen LogP contribution in [0, 0.1) is 0 Å². The highest BCUT2D eigenvalue weighted by atomic mass is 32.2. The first-order valence-corrected chi connectivity index (χ1v) is 6.08. The van der Waals surface area contributed by atoms with Gasteiger partial charge in [0, 0.05) is 11.7 Å². The number of hydrogen-bond acceptors (Lipinski definition) is 3. The molecule has 0 aromatic carbocycles. The first kappa shape index (κ1) is 11.6. The van der Waals surface area contributed by atoms with Gasteiger partial charge in [0.15, 0.2) is 0 Å². The summed E-state index contributed by atoms with van der Waals surface area (Å²) in [5.74, 6) is -0.314. The number of ketones is 1. The van der Waals surface area contributed by atoms with E-state index in [1.807, 2.05) is 0 Å². The van der Waals surface area contributed by atoms with Gasteiger partial charge in [0.2, 0.25) is 0 Å². The molecule has 0 bridgehead atoms. The highest BCUT2D eigenvalue weighted by Crippen LogP contribution is 2.29. The molecule has 0 radical (unpaired) electrons. The third-order valence-electron chi connectivity index (χ3n) is 2.40. The fourth-order valence-corrected chi connectivity index (χ4v) is 2.82. The third-order valence-corrected chi connectivity index (χ3v) is 3.83. The van der Waals surface area contributed by atoms with Gasteiger partial charge in [-0.15, -0.1) is 0 Å². The Labute approximate surface area is 88.3 Å². The molecule has 0 aromatic rings. The summed E-state index contributed by atoms with van der Waals surface area (Å²) in [7, 11) is 0. The largest absolute Gasteiger partial charge is 0.481 e. The summed E-state index contributed by atoms with van der Waals surface area (Å²) < 4.78 is 0. The lowest BCUT2D eigenvalue weighted by molar-refractivity contribution is -0.138. The van der Waals surface area contributed by atoms with Crippen molar-refractivity contribution in [2.24, 2.45) is 0 Å². The van der Waals surface area contributed by atoms with Crippen LogP contribution in [0.2, 0.25) is 0 Å². The molecule has 0 spiro atoms. The van der Waals surface area contributed by atoms with Crippen molar-refractivity contribution in [1.29, 1.82) is 0 Å². The van der Waals surface area contributed by atoms with Crippen LogP contribution in [0.1, 0.15) is 38.5 Å². The maximum atomic E-state index is 11.2. The lowest BCUT2D eigenvalue weighted by Gasteiger charge is -2.06. The Morgan fingerprint density at radius 3 is 2.43 bits per heavy atom. The van der Waals surface area contributed by atoms with E-state index in [0.717, 1.165) is 0 Å². The van der Waals surface area contributed by atoms with E-state index in [0.29, 0.717) is 11.0 Å². The molecule has 1 rings (SSSR count). The average Bonchev–Trinajstić information content (AvgIpc) is 2.63. The monoisotopic (exact) mass is 216 g/mol. The molecule has 80 valence electrons. The molecule has 0 heterocycles. The highest BCUT2D eigenvalue weighted by molar-refractivity contribution is 8.00. The predicted octanol–water partition coefficient (Wildman–Crippen LogP) is 2.10. The van der Waals surface area contributed by atoms with Crippen LogP contribution in [0.15, 0.2) is 0 Å². The molecule has 0 amide bonds. The molecule has 0 atom stereocenters. The summed E-state index contributed by atoms with van der Waals surface area (Å²) in [5, 5.41) is 9.03. The molecule has 1 aliphatic rings. The molecular weight excluding hydrogens is 200 g/mol. The van der Waals surface area contributed by atoms with E-state index in [2.05, 4.69) is 0 Å². The predicted molar refractivity (Wildman–Crippen MR) is 56.6 cm³/mol. The lowest BCUT2D eigenvalue weighted by atomic mass is 10.2. The fraction of sp³-hybridized carbons (Fsp3) is 0.800. The standard InChI is InChI=1S/C10H16O3S/c11-8(5-6-10(12)13)7-14-9-3-1-2-4-9/h9H,1-7H2,(H,12,13). The number of thioether (sulfide) groups is 1. The van der Waals surface area contributed by atoms with E-state index in [-0.39, 0.29) is 18.6 Å². The SMILES string of the molecule is O=C(O)CCC(=O)CSC1CCCC1. The summed E-state index contributed by atoms with van der Waals surface area (Å²) in [4.78, 5) is 21.4. The summed E-state index contributed by atoms with van der Waals surface area (Å²) in [5.41, 5.74) is 0. The molecule has 1 fully saturated rings. The number of Topliss-reactive ketones (excluding diaryl/α,β-unsaturated/α-hetero) is 1. The summed E-state index contributed by atoms with van der Waals surface area (Å²) >= 11 is 1.70. The third kappa shape index (κ3) is 4.65. The minimum Gasteiger partial charge on any atom is -0.481 e. The van der Waals surface area contributed by atoms with Crippen molar-refractivity contribution in [2.75, 3.05) is 5.75 Å². The van der Waals surface area contributed by atoms with Gasteiger partial charge < -0.3 is 5.11 Å². The zero-order chi connectivity index (χ0) is 10.4. The Balaban J connectivity index is 2.05. The van der Waals surface area contributed by atoms with Gasteiger partial charge in [0.05, 0.1) is 12.2 Å². The Bertz CT molecular complexity index is 209. The number of rotatable bonds is 6. The Morgan fingerprint density at radius 2 is 1.86 bits per heavy atom. The van der Waals surface area contributed by atoms with Crippen molar-refractivity contribution in [2.45, 2.75) is 43.8 Å². The van der Waals surface area contributed by atoms with Crippen molar-refractivity contribution >= 4 is 23.5 Å². The first-order valence-electron chi connectivity index (χ1n) is 5.03. The number of carbonyl (C=O) groups is 2. The molecule has 0 saturated heterocycles. The van der Waals surface area contributed by atoms with Gasteiger partial charge in [-0.25, -0.2) is 0 Å². The molecule has 3 nitrogen and oxygen atoms in total. The van der Waals surface area contributed by atoms with Gasteiger partial charge in [-0.3, -0.25) is 9.59 Å². The highest BCUT2D eigenvalue weighted by Gasteiger charge is 2.16. The molecule has 1 saturated carbocycles. The van der Waals surface area contributed by atoms with Gasteiger partial charge in [0.25, 0.3) is 0 Å². The molecule has 0 aromatic heterocycles. The summed E-state index contributed by atoms with van der Waals surface area (Å²) in [6.45, 7) is 0. The van der Waals surface area contributed by atoms with E-state index in [4.69, 9.17) is 5.11 Å². The van der Waals surface area contributed by atoms with Crippen LogP contribution in [-0.4, -0.2) is 27.9 Å². The fourth-order valence-electron chi connectivity index (χ4n) is 1.58. The molecule has 4 heteroatoms. The second-order valence-corrected chi connectivity index (χ2v) is 4.94. The van der Waals surface area contributed by atoms with Gasteiger partial charge in [0.1, 0.15) is 5.78 Å². The number of carboxylic acid groups (broad SMARTS) is 1. The Hall–Kier alpha value is -0.510. The number of hydrogen-bond donors (Lipinski definition) is 1. The minimum absolute atomic E-state index is 0.0238. The van der Waals surface area contributed by atoms with E-state index in [9.17, 15) is 9.59 Å². The van der Waals surface area contributed by atoms with Crippen LogP contribution < -0.4 is 0 Å².